The summed E-state index contributed by atoms with van der Waals surface area (Å²) in [6.45, 7) is 5.36. The van der Waals surface area contributed by atoms with Gasteiger partial charge in [-0.25, -0.2) is 18.9 Å². The molecule has 1 saturated heterocycles. The molecule has 32 heavy (non-hydrogen) atoms. The Kier molecular flexibility index (Phi) is 5.07. The van der Waals surface area contributed by atoms with Gasteiger partial charge < -0.3 is 15.5 Å². The number of aromatic nitrogens is 4. The lowest BCUT2D eigenvalue weighted by atomic mass is 10.2. The third-order valence-electron chi connectivity index (χ3n) is 5.66. The van der Waals surface area contributed by atoms with E-state index in [-0.39, 0.29) is 11.9 Å². The molecule has 0 unspecified atom stereocenters. The molecule has 1 aliphatic rings. The van der Waals surface area contributed by atoms with Gasteiger partial charge in [0.1, 0.15) is 17.5 Å². The summed E-state index contributed by atoms with van der Waals surface area (Å²) in [4.78, 5) is 13.1. The maximum Gasteiger partial charge on any atom is 0.154 e. The van der Waals surface area contributed by atoms with E-state index in [2.05, 4.69) is 21.4 Å². The minimum absolute atomic E-state index is 0.0924. The second-order valence-electron chi connectivity index (χ2n) is 8.14. The van der Waals surface area contributed by atoms with Crippen LogP contribution >= 0.6 is 0 Å². The molecule has 2 N–H and O–H groups in total. The van der Waals surface area contributed by atoms with Gasteiger partial charge in [0.25, 0.3) is 0 Å². The molecule has 1 fully saturated rings. The van der Waals surface area contributed by atoms with Crippen molar-refractivity contribution in [2.24, 2.45) is 5.73 Å². The highest BCUT2D eigenvalue weighted by Crippen LogP contribution is 2.27. The summed E-state index contributed by atoms with van der Waals surface area (Å²) in [6, 6.07) is 14.5. The van der Waals surface area contributed by atoms with Crippen LogP contribution in [0.25, 0.3) is 16.9 Å². The maximum atomic E-state index is 13.5. The van der Waals surface area contributed by atoms with Crippen molar-refractivity contribution in [2.75, 3.05) is 23.4 Å². The van der Waals surface area contributed by atoms with Crippen molar-refractivity contribution in [3.05, 3.63) is 84.6 Å². The van der Waals surface area contributed by atoms with Crippen LogP contribution in [0, 0.1) is 5.82 Å². The fourth-order valence-electron chi connectivity index (χ4n) is 4.05. The Hall–Kier alpha value is -3.78. The van der Waals surface area contributed by atoms with E-state index in [1.807, 2.05) is 48.5 Å². The monoisotopic (exact) mass is 429 g/mol. The number of benzene rings is 1. The number of hydrogen-bond acceptors (Lipinski definition) is 6. The number of pyridine rings is 1. The fraction of sp³-hybridized carbons (Fsp3) is 0.208. The molecule has 1 aliphatic heterocycles. The average Bonchev–Trinajstić information content (AvgIpc) is 3.35. The quantitative estimate of drug-likeness (QED) is 0.522. The molecule has 0 aliphatic carbocycles. The van der Waals surface area contributed by atoms with E-state index < -0.39 is 0 Å². The normalized spacial score (nSPS) is 16.2. The van der Waals surface area contributed by atoms with E-state index in [0.717, 1.165) is 52.8 Å². The minimum Gasteiger partial charge on any atom is -0.354 e. The van der Waals surface area contributed by atoms with Crippen LogP contribution in [0.5, 0.6) is 0 Å². The Labute approximate surface area is 185 Å². The predicted octanol–water partition coefficient (Wildman–Crippen LogP) is 3.62. The smallest absolute Gasteiger partial charge is 0.154 e. The van der Waals surface area contributed by atoms with Crippen molar-refractivity contribution in [1.29, 1.82) is 0 Å². The van der Waals surface area contributed by atoms with Crippen molar-refractivity contribution in [2.45, 2.75) is 19.0 Å². The van der Waals surface area contributed by atoms with Crippen LogP contribution in [0.4, 0.5) is 16.0 Å². The SMILES string of the molecule is C=C1C[C@H](N)CN1c1ccc(-c2cnc3ccc(N(C)Cc4cccc(F)c4)nn23)cn1. The highest BCUT2D eigenvalue weighted by atomic mass is 19.1. The molecule has 1 aromatic carbocycles. The standard InChI is InChI=1S/C24H24FN7/c1-16-10-20(26)15-31(16)22-7-6-18(12-27-22)21-13-28-23-8-9-24(29-32(21)23)30(2)14-17-4-3-5-19(25)11-17/h3-9,11-13,20H,1,10,14-15,26H2,2H3/t20-/m0/s1. The first-order chi connectivity index (χ1) is 15.5. The van der Waals surface area contributed by atoms with Gasteiger partial charge in [-0.05, 0) is 42.0 Å². The molecule has 0 amide bonds. The van der Waals surface area contributed by atoms with Crippen LogP contribution in [0.1, 0.15) is 12.0 Å². The molecule has 8 heteroatoms. The van der Waals surface area contributed by atoms with E-state index in [0.29, 0.717) is 6.54 Å². The molecular formula is C24H24FN7. The summed E-state index contributed by atoms with van der Waals surface area (Å²) in [6.07, 6.45) is 4.40. The van der Waals surface area contributed by atoms with Crippen molar-refractivity contribution in [3.63, 3.8) is 0 Å². The lowest BCUT2D eigenvalue weighted by molar-refractivity contribution is 0.625. The third kappa shape index (κ3) is 3.80. The first kappa shape index (κ1) is 20.1. The van der Waals surface area contributed by atoms with Gasteiger partial charge in [-0.15, -0.1) is 5.10 Å². The molecule has 5 rings (SSSR count). The zero-order chi connectivity index (χ0) is 22.2. The van der Waals surface area contributed by atoms with Gasteiger partial charge >= 0.3 is 0 Å². The maximum absolute atomic E-state index is 13.5. The van der Waals surface area contributed by atoms with Gasteiger partial charge in [0.15, 0.2) is 5.65 Å². The molecule has 0 spiro atoms. The number of rotatable bonds is 5. The molecule has 0 bridgehead atoms. The molecule has 3 aromatic heterocycles. The van der Waals surface area contributed by atoms with Gasteiger partial charge in [-0.2, -0.15) is 0 Å². The number of hydrogen-bond donors (Lipinski definition) is 1. The highest BCUT2D eigenvalue weighted by molar-refractivity contribution is 5.65. The molecule has 4 heterocycles. The van der Waals surface area contributed by atoms with Crippen LogP contribution in [0.15, 0.2) is 73.2 Å². The largest absolute Gasteiger partial charge is 0.354 e. The van der Waals surface area contributed by atoms with Gasteiger partial charge in [-0.1, -0.05) is 18.7 Å². The van der Waals surface area contributed by atoms with Gasteiger partial charge in [0, 0.05) is 50.1 Å². The molecule has 7 nitrogen and oxygen atoms in total. The Bertz CT molecular complexity index is 1280. The number of nitrogens with two attached hydrogens (primary N) is 1. The van der Waals surface area contributed by atoms with Crippen LogP contribution < -0.4 is 15.5 Å². The fourth-order valence-corrected chi connectivity index (χ4v) is 4.05. The van der Waals surface area contributed by atoms with E-state index in [1.165, 1.54) is 12.1 Å². The topological polar surface area (TPSA) is 75.6 Å². The van der Waals surface area contributed by atoms with E-state index in [1.54, 1.807) is 16.8 Å². The lowest BCUT2D eigenvalue weighted by Crippen LogP contribution is -2.26. The predicted molar refractivity (Wildman–Crippen MR) is 124 cm³/mol. The van der Waals surface area contributed by atoms with Crippen LogP contribution in [0.3, 0.4) is 0 Å². The third-order valence-corrected chi connectivity index (χ3v) is 5.66. The summed E-state index contributed by atoms with van der Waals surface area (Å²) in [5.74, 6) is 1.35. The zero-order valence-corrected chi connectivity index (χ0v) is 17.8. The Morgan fingerprint density at radius 1 is 1.16 bits per heavy atom. The van der Waals surface area contributed by atoms with E-state index in [9.17, 15) is 4.39 Å². The second-order valence-corrected chi connectivity index (χ2v) is 8.14. The van der Waals surface area contributed by atoms with E-state index >= 15 is 0 Å². The Balaban J connectivity index is 1.42. The summed E-state index contributed by atoms with van der Waals surface area (Å²) in [7, 11) is 1.93. The van der Waals surface area contributed by atoms with Gasteiger partial charge in [0.05, 0.1) is 11.9 Å². The summed E-state index contributed by atoms with van der Waals surface area (Å²) < 4.78 is 15.3. The van der Waals surface area contributed by atoms with Gasteiger partial charge in [0.2, 0.25) is 0 Å². The van der Waals surface area contributed by atoms with E-state index in [4.69, 9.17) is 10.8 Å². The number of halogens is 1. The van der Waals surface area contributed by atoms with Crippen molar-refractivity contribution in [3.8, 4) is 11.3 Å². The molecule has 1 atom stereocenters. The lowest BCUT2D eigenvalue weighted by Gasteiger charge is -2.19. The minimum atomic E-state index is -0.244. The van der Waals surface area contributed by atoms with Crippen molar-refractivity contribution >= 4 is 17.3 Å². The van der Waals surface area contributed by atoms with Gasteiger partial charge in [-0.3, -0.25) is 0 Å². The first-order valence-electron chi connectivity index (χ1n) is 10.5. The van der Waals surface area contributed by atoms with Crippen LogP contribution in [0.2, 0.25) is 0 Å². The summed E-state index contributed by atoms with van der Waals surface area (Å²) in [5.41, 5.74) is 10.4. The number of imidazole rings is 1. The zero-order valence-electron chi connectivity index (χ0n) is 17.8. The first-order valence-corrected chi connectivity index (χ1v) is 10.5. The van der Waals surface area contributed by atoms with Crippen LogP contribution in [-0.2, 0) is 6.54 Å². The molecule has 162 valence electrons. The van der Waals surface area contributed by atoms with Crippen molar-refractivity contribution < 1.29 is 4.39 Å². The van der Waals surface area contributed by atoms with Crippen molar-refractivity contribution in [1.82, 2.24) is 19.6 Å². The number of anilines is 2. The average molecular weight is 430 g/mol. The molecule has 0 radical (unpaired) electrons. The molecule has 0 saturated carbocycles. The molecular weight excluding hydrogens is 405 g/mol. The van der Waals surface area contributed by atoms with Crippen LogP contribution in [-0.4, -0.2) is 39.2 Å². The molecule has 4 aromatic rings. The Morgan fingerprint density at radius 3 is 2.75 bits per heavy atom. The second kappa shape index (κ2) is 8.05. The number of fused-ring (bicyclic) bond motifs is 1. The summed E-state index contributed by atoms with van der Waals surface area (Å²) in [5, 5.41) is 4.77. The highest BCUT2D eigenvalue weighted by Gasteiger charge is 2.24. The summed E-state index contributed by atoms with van der Waals surface area (Å²) >= 11 is 0. The number of nitrogens with zero attached hydrogens (tertiary/aromatic N) is 6. The Morgan fingerprint density at radius 2 is 2.03 bits per heavy atom.